The van der Waals surface area contributed by atoms with Crippen LogP contribution in [-0.4, -0.2) is 29.9 Å². The van der Waals surface area contributed by atoms with E-state index in [1.165, 1.54) is 18.3 Å². The number of urea groups is 1. The maximum atomic E-state index is 12.2. The standard InChI is InChI=1S/C28H29N3O5/c1-4-8-23-15-21(17-29-31-28(34)30-24-10-7-6-9-19(24)3)16-25(35-5-2)26(23)36-18-20-11-13-22(14-12-20)27(32)33/h4,6-7,9-17H,1,5,8,18H2,2-3H3,(H,32,33)(H2,30,31,34). The predicted octanol–water partition coefficient (Wildman–Crippen LogP) is 5.56. The van der Waals surface area contributed by atoms with Crippen LogP contribution in [0.15, 0.2) is 78.4 Å². The van der Waals surface area contributed by atoms with Gasteiger partial charge in [0.05, 0.1) is 18.4 Å². The molecule has 0 aromatic heterocycles. The highest BCUT2D eigenvalue weighted by Gasteiger charge is 2.14. The highest BCUT2D eigenvalue weighted by Crippen LogP contribution is 2.34. The first-order valence-electron chi connectivity index (χ1n) is 11.4. The number of hydrazone groups is 1. The summed E-state index contributed by atoms with van der Waals surface area (Å²) < 4.78 is 11.9. The summed E-state index contributed by atoms with van der Waals surface area (Å²) in [5.41, 5.74) is 6.70. The largest absolute Gasteiger partial charge is 0.490 e. The maximum absolute atomic E-state index is 12.2. The number of nitrogens with zero attached hydrogens (tertiary/aromatic N) is 1. The van der Waals surface area contributed by atoms with Crippen LogP contribution >= 0.6 is 0 Å². The lowest BCUT2D eigenvalue weighted by atomic mass is 10.1. The minimum absolute atomic E-state index is 0.214. The van der Waals surface area contributed by atoms with Gasteiger partial charge < -0.3 is 19.9 Å². The summed E-state index contributed by atoms with van der Waals surface area (Å²) in [5, 5.41) is 15.9. The number of carbonyl (C=O) groups excluding carboxylic acids is 1. The third kappa shape index (κ3) is 7.20. The first-order valence-corrected chi connectivity index (χ1v) is 11.4. The van der Waals surface area contributed by atoms with E-state index in [-0.39, 0.29) is 12.2 Å². The number of para-hydroxylation sites is 1. The van der Waals surface area contributed by atoms with E-state index in [9.17, 15) is 9.59 Å². The van der Waals surface area contributed by atoms with Crippen molar-refractivity contribution in [3.63, 3.8) is 0 Å². The van der Waals surface area contributed by atoms with Gasteiger partial charge in [-0.15, -0.1) is 6.58 Å². The van der Waals surface area contributed by atoms with Crippen LogP contribution in [0.2, 0.25) is 0 Å². The molecule has 0 radical (unpaired) electrons. The fourth-order valence-corrected chi connectivity index (χ4v) is 3.42. The van der Waals surface area contributed by atoms with Gasteiger partial charge in [0, 0.05) is 11.3 Å². The van der Waals surface area contributed by atoms with Crippen molar-refractivity contribution in [2.75, 3.05) is 11.9 Å². The summed E-state index contributed by atoms with van der Waals surface area (Å²) in [7, 11) is 0. The Hall–Kier alpha value is -4.59. The summed E-state index contributed by atoms with van der Waals surface area (Å²) in [4.78, 5) is 23.3. The minimum atomic E-state index is -0.978. The molecule has 3 aromatic rings. The number of anilines is 1. The number of carboxylic acids is 1. The number of rotatable bonds is 11. The van der Waals surface area contributed by atoms with Gasteiger partial charge in [0.15, 0.2) is 11.5 Å². The molecule has 0 aliphatic heterocycles. The third-order valence-corrected chi connectivity index (χ3v) is 5.18. The molecule has 8 nitrogen and oxygen atoms in total. The van der Waals surface area contributed by atoms with Gasteiger partial charge in [-0.05, 0) is 67.3 Å². The molecule has 0 bridgehead atoms. The van der Waals surface area contributed by atoms with Crippen molar-refractivity contribution < 1.29 is 24.2 Å². The van der Waals surface area contributed by atoms with Crippen LogP contribution in [0.25, 0.3) is 0 Å². The number of aryl methyl sites for hydroxylation is 1. The van der Waals surface area contributed by atoms with E-state index < -0.39 is 12.0 Å². The molecule has 0 saturated carbocycles. The summed E-state index contributed by atoms with van der Waals surface area (Å²) in [6.07, 6.45) is 3.81. The average Bonchev–Trinajstić information content (AvgIpc) is 2.85. The van der Waals surface area contributed by atoms with Crippen LogP contribution in [0.1, 0.15) is 39.5 Å². The molecule has 0 aliphatic rings. The molecule has 3 aromatic carbocycles. The zero-order valence-corrected chi connectivity index (χ0v) is 20.3. The van der Waals surface area contributed by atoms with E-state index in [0.717, 1.165) is 16.7 Å². The van der Waals surface area contributed by atoms with Gasteiger partial charge in [-0.3, -0.25) is 0 Å². The fourth-order valence-electron chi connectivity index (χ4n) is 3.42. The van der Waals surface area contributed by atoms with Gasteiger partial charge in [0.25, 0.3) is 0 Å². The van der Waals surface area contributed by atoms with E-state index in [0.29, 0.717) is 35.8 Å². The van der Waals surface area contributed by atoms with Crippen molar-refractivity contribution >= 4 is 23.9 Å². The Bertz CT molecular complexity index is 1250. The normalized spacial score (nSPS) is 10.6. The van der Waals surface area contributed by atoms with Crippen molar-refractivity contribution in [3.05, 3.63) is 101 Å². The highest BCUT2D eigenvalue weighted by atomic mass is 16.5. The molecule has 0 saturated heterocycles. The van der Waals surface area contributed by atoms with Crippen LogP contribution in [-0.2, 0) is 13.0 Å². The van der Waals surface area contributed by atoms with E-state index in [4.69, 9.17) is 14.6 Å². The molecular formula is C28H29N3O5. The van der Waals surface area contributed by atoms with Crippen molar-refractivity contribution in [2.45, 2.75) is 26.9 Å². The van der Waals surface area contributed by atoms with Gasteiger partial charge in [-0.2, -0.15) is 5.10 Å². The van der Waals surface area contributed by atoms with E-state index in [1.54, 1.807) is 24.3 Å². The van der Waals surface area contributed by atoms with Crippen LogP contribution < -0.4 is 20.2 Å². The van der Waals surface area contributed by atoms with Gasteiger partial charge in [-0.25, -0.2) is 15.0 Å². The van der Waals surface area contributed by atoms with Gasteiger partial charge in [-0.1, -0.05) is 36.4 Å². The Balaban J connectivity index is 1.75. The van der Waals surface area contributed by atoms with E-state index in [2.05, 4.69) is 22.4 Å². The SMILES string of the molecule is C=CCc1cc(C=NNC(=O)Nc2ccccc2C)cc(OCC)c1OCc1ccc(C(=O)O)cc1. The Morgan fingerprint density at radius 1 is 1.08 bits per heavy atom. The lowest BCUT2D eigenvalue weighted by Crippen LogP contribution is -2.24. The van der Waals surface area contributed by atoms with Crippen molar-refractivity contribution in [1.82, 2.24) is 5.43 Å². The molecule has 0 fully saturated rings. The Kier molecular flexibility index (Phi) is 9.22. The molecule has 3 N–H and O–H groups in total. The van der Waals surface area contributed by atoms with E-state index in [1.807, 2.05) is 44.2 Å². The minimum Gasteiger partial charge on any atom is -0.490 e. The highest BCUT2D eigenvalue weighted by molar-refractivity contribution is 5.91. The molecule has 186 valence electrons. The van der Waals surface area contributed by atoms with Crippen LogP contribution in [0.5, 0.6) is 11.5 Å². The third-order valence-electron chi connectivity index (χ3n) is 5.18. The maximum Gasteiger partial charge on any atom is 0.339 e. The van der Waals surface area contributed by atoms with Crippen molar-refractivity contribution in [3.8, 4) is 11.5 Å². The lowest BCUT2D eigenvalue weighted by Gasteiger charge is -2.17. The zero-order chi connectivity index (χ0) is 25.9. The number of hydrogen-bond acceptors (Lipinski definition) is 5. The summed E-state index contributed by atoms with van der Waals surface area (Å²) in [6, 6.07) is 17.2. The number of aromatic carboxylic acids is 1. The average molecular weight is 488 g/mol. The summed E-state index contributed by atoms with van der Waals surface area (Å²) >= 11 is 0. The first kappa shape index (κ1) is 26.0. The molecule has 0 unspecified atom stereocenters. The van der Waals surface area contributed by atoms with Gasteiger partial charge in [0.1, 0.15) is 6.61 Å². The molecule has 0 atom stereocenters. The smallest absolute Gasteiger partial charge is 0.339 e. The second kappa shape index (κ2) is 12.8. The molecule has 0 heterocycles. The number of nitrogens with one attached hydrogen (secondary N) is 2. The van der Waals surface area contributed by atoms with E-state index >= 15 is 0 Å². The molecule has 2 amide bonds. The van der Waals surface area contributed by atoms with Crippen LogP contribution in [0.4, 0.5) is 10.5 Å². The number of hydrogen-bond donors (Lipinski definition) is 3. The van der Waals surface area contributed by atoms with Crippen molar-refractivity contribution in [1.29, 1.82) is 0 Å². The molecule has 0 aliphatic carbocycles. The summed E-state index contributed by atoms with van der Waals surface area (Å²) in [6.45, 7) is 8.27. The number of ether oxygens (including phenoxy) is 2. The second-order valence-electron chi connectivity index (χ2n) is 7.86. The van der Waals surface area contributed by atoms with Crippen LogP contribution in [0, 0.1) is 6.92 Å². The zero-order valence-electron chi connectivity index (χ0n) is 20.3. The lowest BCUT2D eigenvalue weighted by molar-refractivity contribution is 0.0696. The quantitative estimate of drug-likeness (QED) is 0.187. The Labute approximate surface area is 210 Å². The number of benzene rings is 3. The Morgan fingerprint density at radius 2 is 1.83 bits per heavy atom. The number of amides is 2. The molecule has 8 heteroatoms. The van der Waals surface area contributed by atoms with Crippen LogP contribution in [0.3, 0.4) is 0 Å². The van der Waals surface area contributed by atoms with Crippen molar-refractivity contribution in [2.24, 2.45) is 5.10 Å². The monoisotopic (exact) mass is 487 g/mol. The Morgan fingerprint density at radius 3 is 2.50 bits per heavy atom. The summed E-state index contributed by atoms with van der Waals surface area (Å²) in [5.74, 6) is 0.125. The fraction of sp³-hybridized carbons (Fsp3) is 0.179. The first-order chi connectivity index (χ1) is 17.4. The molecular weight excluding hydrogens is 458 g/mol. The molecule has 36 heavy (non-hydrogen) atoms. The molecule has 3 rings (SSSR count). The molecule has 0 spiro atoms. The predicted molar refractivity (Wildman–Crippen MR) is 140 cm³/mol. The van der Waals surface area contributed by atoms with Gasteiger partial charge in [0.2, 0.25) is 0 Å². The van der Waals surface area contributed by atoms with Gasteiger partial charge >= 0.3 is 12.0 Å². The topological polar surface area (TPSA) is 109 Å². The second-order valence-corrected chi connectivity index (χ2v) is 7.86. The number of carboxylic acid groups (broad SMARTS) is 1. The number of allylic oxidation sites excluding steroid dienone is 1. The number of carbonyl (C=O) groups is 2.